The molecular weight excluding hydrogens is 306 g/mol. The number of nitrogens with zero attached hydrogens (tertiary/aromatic N) is 2. The predicted octanol–water partition coefficient (Wildman–Crippen LogP) is 2.73. The largest absolute Gasteiger partial charge is 0.481 e. The lowest BCUT2D eigenvalue weighted by Crippen LogP contribution is -2.25. The van der Waals surface area contributed by atoms with E-state index in [0.29, 0.717) is 30.9 Å². The second kappa shape index (κ2) is 7.29. The van der Waals surface area contributed by atoms with E-state index < -0.39 is 5.97 Å². The summed E-state index contributed by atoms with van der Waals surface area (Å²) in [6.07, 6.45) is 5.15. The molecule has 1 aromatic heterocycles. The molecule has 0 radical (unpaired) electrons. The van der Waals surface area contributed by atoms with E-state index in [2.05, 4.69) is 10.4 Å². The lowest BCUT2D eigenvalue weighted by atomic mass is 10.1. The minimum atomic E-state index is -0.804. The summed E-state index contributed by atoms with van der Waals surface area (Å²) in [6.45, 7) is 0.479. The first-order valence-corrected chi connectivity index (χ1v) is 8.30. The molecule has 6 heteroatoms. The summed E-state index contributed by atoms with van der Waals surface area (Å²) in [5.74, 6) is -0.545. The van der Waals surface area contributed by atoms with Crippen LogP contribution in [0.3, 0.4) is 0 Å². The number of carboxylic acid groups (broad SMARTS) is 1. The van der Waals surface area contributed by atoms with Crippen LogP contribution >= 0.6 is 0 Å². The summed E-state index contributed by atoms with van der Waals surface area (Å²) in [5, 5.41) is 15.9. The maximum absolute atomic E-state index is 12.5. The molecule has 0 spiro atoms. The van der Waals surface area contributed by atoms with Gasteiger partial charge in [0.25, 0.3) is 5.91 Å². The highest BCUT2D eigenvalue weighted by Crippen LogP contribution is 2.42. The number of para-hydroxylation sites is 1. The number of hydrogen-bond donors (Lipinski definition) is 2. The maximum atomic E-state index is 12.5. The zero-order valence-electron chi connectivity index (χ0n) is 13.4. The molecule has 1 fully saturated rings. The van der Waals surface area contributed by atoms with Crippen molar-refractivity contribution in [1.29, 1.82) is 0 Å². The molecule has 2 N–H and O–H groups in total. The Bertz CT molecular complexity index is 720. The second-order valence-corrected chi connectivity index (χ2v) is 6.07. The zero-order valence-corrected chi connectivity index (χ0v) is 13.4. The average Bonchev–Trinajstić information content (AvgIpc) is 3.33. The minimum Gasteiger partial charge on any atom is -0.481 e. The van der Waals surface area contributed by atoms with Gasteiger partial charge in [0.2, 0.25) is 0 Å². The van der Waals surface area contributed by atoms with Gasteiger partial charge in [-0.15, -0.1) is 0 Å². The maximum Gasteiger partial charge on any atom is 0.303 e. The van der Waals surface area contributed by atoms with E-state index in [0.717, 1.165) is 24.2 Å². The molecule has 1 amide bonds. The van der Waals surface area contributed by atoms with Gasteiger partial charge in [-0.3, -0.25) is 9.59 Å². The van der Waals surface area contributed by atoms with Crippen LogP contribution in [0, 0.1) is 0 Å². The van der Waals surface area contributed by atoms with Gasteiger partial charge in [-0.2, -0.15) is 5.10 Å². The van der Waals surface area contributed by atoms with Gasteiger partial charge in [0.05, 0.1) is 23.1 Å². The van der Waals surface area contributed by atoms with Gasteiger partial charge >= 0.3 is 5.97 Å². The van der Waals surface area contributed by atoms with Crippen molar-refractivity contribution in [2.75, 3.05) is 6.54 Å². The second-order valence-electron chi connectivity index (χ2n) is 6.07. The smallest absolute Gasteiger partial charge is 0.303 e. The van der Waals surface area contributed by atoms with Crippen molar-refractivity contribution in [2.45, 2.75) is 38.0 Å². The molecule has 1 heterocycles. The topological polar surface area (TPSA) is 84.2 Å². The summed E-state index contributed by atoms with van der Waals surface area (Å²) in [5.41, 5.74) is 2.56. The Morgan fingerprint density at radius 3 is 2.62 bits per heavy atom. The van der Waals surface area contributed by atoms with Crippen molar-refractivity contribution >= 4 is 11.9 Å². The first-order valence-electron chi connectivity index (χ1n) is 8.30. The van der Waals surface area contributed by atoms with E-state index in [9.17, 15) is 9.59 Å². The van der Waals surface area contributed by atoms with Crippen molar-refractivity contribution in [3.05, 3.63) is 47.8 Å². The van der Waals surface area contributed by atoms with Gasteiger partial charge in [-0.1, -0.05) is 18.2 Å². The highest BCUT2D eigenvalue weighted by atomic mass is 16.4. The lowest BCUT2D eigenvalue weighted by Gasteiger charge is -2.09. The van der Waals surface area contributed by atoms with E-state index in [1.54, 1.807) is 6.20 Å². The van der Waals surface area contributed by atoms with E-state index in [1.807, 2.05) is 35.0 Å². The Morgan fingerprint density at radius 2 is 1.96 bits per heavy atom. The minimum absolute atomic E-state index is 0.130. The van der Waals surface area contributed by atoms with Crippen LogP contribution in [0.5, 0.6) is 0 Å². The standard InChI is InChI=1S/C18H21N3O3/c22-16(23)8-4-5-11-19-18(24)15-12-20-21(17(15)13-9-10-13)14-6-2-1-3-7-14/h1-3,6-7,12-13H,4-5,8-11H2,(H,19,24)(H,22,23). The highest BCUT2D eigenvalue weighted by molar-refractivity contribution is 5.95. The molecule has 2 aromatic rings. The number of benzene rings is 1. The van der Waals surface area contributed by atoms with Gasteiger partial charge in [0.15, 0.2) is 0 Å². The normalized spacial score (nSPS) is 13.7. The first-order chi connectivity index (χ1) is 11.7. The first kappa shape index (κ1) is 16.2. The molecule has 0 unspecified atom stereocenters. The van der Waals surface area contributed by atoms with Crippen molar-refractivity contribution in [1.82, 2.24) is 15.1 Å². The number of aromatic nitrogens is 2. The Kier molecular flexibility index (Phi) is 4.93. The number of carbonyl (C=O) groups excluding carboxylic acids is 1. The van der Waals surface area contributed by atoms with E-state index in [4.69, 9.17) is 5.11 Å². The molecule has 1 aromatic carbocycles. The van der Waals surface area contributed by atoms with Crippen LogP contribution in [-0.4, -0.2) is 33.3 Å². The summed E-state index contributed by atoms with van der Waals surface area (Å²) in [6, 6.07) is 9.82. The Morgan fingerprint density at radius 1 is 1.21 bits per heavy atom. The molecule has 1 aliphatic rings. The molecule has 1 aliphatic carbocycles. The summed E-state index contributed by atoms with van der Waals surface area (Å²) >= 11 is 0. The van der Waals surface area contributed by atoms with Crippen LogP contribution < -0.4 is 5.32 Å². The molecular formula is C18H21N3O3. The monoisotopic (exact) mass is 327 g/mol. The van der Waals surface area contributed by atoms with Crippen LogP contribution in [0.15, 0.2) is 36.5 Å². The van der Waals surface area contributed by atoms with Crippen molar-refractivity contribution in [3.63, 3.8) is 0 Å². The average molecular weight is 327 g/mol. The fourth-order valence-electron chi connectivity index (χ4n) is 2.76. The Hall–Kier alpha value is -2.63. The Balaban J connectivity index is 1.68. The number of nitrogens with one attached hydrogen (secondary N) is 1. The predicted molar refractivity (Wildman–Crippen MR) is 89.4 cm³/mol. The number of amides is 1. The van der Waals surface area contributed by atoms with E-state index >= 15 is 0 Å². The van der Waals surface area contributed by atoms with Crippen LogP contribution in [0.2, 0.25) is 0 Å². The number of carboxylic acids is 1. The van der Waals surface area contributed by atoms with Crippen molar-refractivity contribution in [2.24, 2.45) is 0 Å². The van der Waals surface area contributed by atoms with E-state index in [-0.39, 0.29) is 12.3 Å². The molecule has 0 atom stereocenters. The summed E-state index contributed by atoms with van der Waals surface area (Å²) in [7, 11) is 0. The fourth-order valence-corrected chi connectivity index (χ4v) is 2.76. The van der Waals surface area contributed by atoms with Crippen LogP contribution in [0.25, 0.3) is 5.69 Å². The molecule has 6 nitrogen and oxygen atoms in total. The third-order valence-electron chi connectivity index (χ3n) is 4.12. The van der Waals surface area contributed by atoms with Crippen LogP contribution in [0.1, 0.15) is 54.1 Å². The number of unbranched alkanes of at least 4 members (excludes halogenated alkanes) is 1. The van der Waals surface area contributed by atoms with Gasteiger partial charge in [-0.25, -0.2) is 4.68 Å². The van der Waals surface area contributed by atoms with Crippen molar-refractivity contribution < 1.29 is 14.7 Å². The van der Waals surface area contributed by atoms with Gasteiger partial charge < -0.3 is 10.4 Å². The Labute approximate surface area is 140 Å². The third kappa shape index (κ3) is 3.82. The van der Waals surface area contributed by atoms with Gasteiger partial charge in [0, 0.05) is 18.9 Å². The number of aliphatic carboxylic acids is 1. The van der Waals surface area contributed by atoms with Crippen LogP contribution in [0.4, 0.5) is 0 Å². The number of rotatable bonds is 8. The zero-order chi connectivity index (χ0) is 16.9. The number of carbonyl (C=O) groups is 2. The summed E-state index contributed by atoms with van der Waals surface area (Å²) < 4.78 is 1.86. The van der Waals surface area contributed by atoms with Gasteiger partial charge in [-0.05, 0) is 37.8 Å². The molecule has 0 bridgehead atoms. The quantitative estimate of drug-likeness (QED) is 0.730. The van der Waals surface area contributed by atoms with E-state index in [1.165, 1.54) is 0 Å². The molecule has 1 saturated carbocycles. The molecule has 24 heavy (non-hydrogen) atoms. The fraction of sp³-hybridized carbons (Fsp3) is 0.389. The van der Waals surface area contributed by atoms with Crippen molar-refractivity contribution in [3.8, 4) is 5.69 Å². The highest BCUT2D eigenvalue weighted by Gasteiger charge is 2.32. The SMILES string of the molecule is O=C(O)CCCCNC(=O)c1cnn(-c2ccccc2)c1C1CC1. The molecule has 0 saturated heterocycles. The molecule has 3 rings (SSSR count). The molecule has 126 valence electrons. The van der Waals surface area contributed by atoms with Crippen LogP contribution in [-0.2, 0) is 4.79 Å². The third-order valence-corrected chi connectivity index (χ3v) is 4.12. The molecule has 0 aliphatic heterocycles. The number of hydrogen-bond acceptors (Lipinski definition) is 3. The van der Waals surface area contributed by atoms with Gasteiger partial charge in [0.1, 0.15) is 0 Å². The summed E-state index contributed by atoms with van der Waals surface area (Å²) in [4.78, 5) is 22.9. The lowest BCUT2D eigenvalue weighted by molar-refractivity contribution is -0.137.